The molecule has 5 atom stereocenters. The predicted molar refractivity (Wildman–Crippen MR) is 170 cm³/mol. The molecule has 0 spiro atoms. The van der Waals surface area contributed by atoms with E-state index in [0.717, 1.165) is 19.3 Å². The quantitative estimate of drug-likeness (QED) is 0.103. The molecule has 46 heavy (non-hydrogen) atoms. The first-order chi connectivity index (χ1) is 22.1. The number of rotatable bonds is 21. The minimum absolute atomic E-state index is 0.0829. The van der Waals surface area contributed by atoms with Crippen molar-refractivity contribution >= 4 is 29.8 Å². The zero-order valence-electron chi connectivity index (χ0n) is 28.0. The first kappa shape index (κ1) is 38.7. The summed E-state index contributed by atoms with van der Waals surface area (Å²) in [6, 6.07) is 7.71. The smallest absolute Gasteiger partial charge is 0.312 e. The first-order valence-electron chi connectivity index (χ1n) is 16.8. The Kier molecular flexibility index (Phi) is 18.6. The summed E-state index contributed by atoms with van der Waals surface area (Å²) in [7, 11) is 0. The van der Waals surface area contributed by atoms with Gasteiger partial charge in [-0.25, -0.2) is 0 Å². The topological polar surface area (TPSA) is 144 Å². The van der Waals surface area contributed by atoms with Crippen LogP contribution in [0.15, 0.2) is 30.3 Å². The minimum Gasteiger partial charge on any atom is -0.463 e. The van der Waals surface area contributed by atoms with Crippen molar-refractivity contribution in [2.45, 2.75) is 148 Å². The van der Waals surface area contributed by atoms with E-state index >= 15 is 0 Å². The second kappa shape index (κ2) is 22.1. The lowest BCUT2D eigenvalue weighted by Crippen LogP contribution is -2.67. The monoisotopic (exact) mass is 647 g/mol. The molecule has 1 saturated heterocycles. The van der Waals surface area contributed by atoms with Gasteiger partial charge < -0.3 is 29.0 Å². The Morgan fingerprint density at radius 2 is 1.24 bits per heavy atom. The molecule has 258 valence electrons. The van der Waals surface area contributed by atoms with Crippen LogP contribution in [0.3, 0.4) is 0 Å². The van der Waals surface area contributed by atoms with Gasteiger partial charge in [-0.3, -0.25) is 24.0 Å². The number of nitrogens with one attached hydrogen (secondary N) is 1. The Morgan fingerprint density at radius 3 is 1.78 bits per heavy atom. The fourth-order valence-corrected chi connectivity index (χ4v) is 5.47. The molecule has 1 fully saturated rings. The highest BCUT2D eigenvalue weighted by molar-refractivity contribution is 5.77. The van der Waals surface area contributed by atoms with Gasteiger partial charge in [-0.15, -0.1) is 0 Å². The number of esters is 4. The van der Waals surface area contributed by atoms with E-state index in [2.05, 4.69) is 12.2 Å². The van der Waals surface area contributed by atoms with E-state index in [-0.39, 0.29) is 25.4 Å². The van der Waals surface area contributed by atoms with Gasteiger partial charge >= 0.3 is 23.9 Å². The predicted octanol–water partition coefficient (Wildman–Crippen LogP) is 5.50. The average molecular weight is 648 g/mol. The molecule has 0 aliphatic carbocycles. The molecule has 0 radical (unpaired) electrons. The largest absolute Gasteiger partial charge is 0.463 e. The molecule has 0 saturated carbocycles. The summed E-state index contributed by atoms with van der Waals surface area (Å²) in [6.45, 7) is 5.38. The molecule has 0 bridgehead atoms. The van der Waals surface area contributed by atoms with Crippen molar-refractivity contribution in [2.24, 2.45) is 0 Å². The van der Waals surface area contributed by atoms with Crippen LogP contribution in [0.5, 0.6) is 0 Å². The summed E-state index contributed by atoms with van der Waals surface area (Å²) in [4.78, 5) is 62.0. The molecular weight excluding hydrogens is 594 g/mol. The Bertz CT molecular complexity index is 1080. The molecule has 1 amide bonds. The Balaban J connectivity index is 2.06. The van der Waals surface area contributed by atoms with Crippen LogP contribution in [0, 0.1) is 0 Å². The van der Waals surface area contributed by atoms with E-state index in [1.165, 1.54) is 72.1 Å². The molecule has 0 aromatic heterocycles. The van der Waals surface area contributed by atoms with Crippen LogP contribution in [-0.4, -0.2) is 67.0 Å². The summed E-state index contributed by atoms with van der Waals surface area (Å²) < 4.78 is 27.8. The second-order valence-electron chi connectivity index (χ2n) is 11.9. The molecule has 0 unspecified atom stereocenters. The molecule has 1 aromatic carbocycles. The molecule has 1 N–H and O–H groups in total. The molecule has 1 aliphatic rings. The van der Waals surface area contributed by atoms with E-state index in [0.29, 0.717) is 12.0 Å². The van der Waals surface area contributed by atoms with E-state index in [1.54, 1.807) is 24.3 Å². The van der Waals surface area contributed by atoms with E-state index < -0.39 is 54.5 Å². The third-order valence-electron chi connectivity index (χ3n) is 7.73. The molecular formula is C35H53NO10. The average Bonchev–Trinajstić information content (AvgIpc) is 2.99. The van der Waals surface area contributed by atoms with Gasteiger partial charge in [-0.1, -0.05) is 108 Å². The maximum atomic E-state index is 13.1. The second-order valence-corrected chi connectivity index (χ2v) is 11.9. The Labute approximate surface area is 273 Å². The van der Waals surface area contributed by atoms with Crippen LogP contribution in [0.25, 0.3) is 0 Å². The van der Waals surface area contributed by atoms with Crippen molar-refractivity contribution in [3.8, 4) is 0 Å². The number of hydrogen-bond donors (Lipinski definition) is 1. The number of amides is 1. The lowest BCUT2D eigenvalue weighted by atomic mass is 9.95. The standard InChI is InChI=1S/C35H53NO10/c1-5-6-7-8-9-10-11-12-13-14-15-19-22-30(40)36-32-34(44-27(4)39)33(43-26(3)38)29(24-42-25(2)37)45-35(32)46-31(41)23-28-20-17-16-18-21-28/h16-18,20-21,29,32-35H,5-15,19,22-24H2,1-4H3,(H,36,40)/t29-,32+,33-,34+,35+/m1/s1. The van der Waals surface area contributed by atoms with Crippen LogP contribution in [0.2, 0.25) is 0 Å². The van der Waals surface area contributed by atoms with Gasteiger partial charge in [0.25, 0.3) is 0 Å². The third kappa shape index (κ3) is 15.7. The SMILES string of the molecule is CCCCCCCCCCCCCCC(=O)N[C@@H]1[C@H](OC(=O)Cc2ccccc2)O[C@H](COC(C)=O)[C@@H](OC(C)=O)[C@H]1OC(C)=O. The fourth-order valence-electron chi connectivity index (χ4n) is 5.47. The summed E-state index contributed by atoms with van der Waals surface area (Å²) in [5.41, 5.74) is 0.696. The maximum Gasteiger partial charge on any atom is 0.312 e. The molecule has 11 nitrogen and oxygen atoms in total. The van der Waals surface area contributed by atoms with Gasteiger partial charge in [-0.05, 0) is 12.0 Å². The van der Waals surface area contributed by atoms with Crippen molar-refractivity contribution in [3.63, 3.8) is 0 Å². The van der Waals surface area contributed by atoms with Gasteiger partial charge in [0.15, 0.2) is 12.2 Å². The van der Waals surface area contributed by atoms with Crippen LogP contribution in [0.4, 0.5) is 0 Å². The number of unbranched alkanes of at least 4 members (excludes halogenated alkanes) is 11. The first-order valence-corrected chi connectivity index (χ1v) is 16.8. The van der Waals surface area contributed by atoms with Crippen LogP contribution < -0.4 is 5.32 Å². The van der Waals surface area contributed by atoms with Gasteiger partial charge in [0.1, 0.15) is 18.8 Å². The van der Waals surface area contributed by atoms with E-state index in [9.17, 15) is 24.0 Å². The molecule has 1 aromatic rings. The van der Waals surface area contributed by atoms with Crippen molar-refractivity contribution in [1.82, 2.24) is 5.32 Å². The molecule has 2 rings (SSSR count). The maximum absolute atomic E-state index is 13.1. The number of carbonyl (C=O) groups is 5. The third-order valence-corrected chi connectivity index (χ3v) is 7.73. The van der Waals surface area contributed by atoms with E-state index in [4.69, 9.17) is 23.7 Å². The Morgan fingerprint density at radius 1 is 0.696 bits per heavy atom. The van der Waals surface area contributed by atoms with E-state index in [1.807, 2.05) is 6.07 Å². The highest BCUT2D eigenvalue weighted by Crippen LogP contribution is 2.28. The van der Waals surface area contributed by atoms with Crippen LogP contribution >= 0.6 is 0 Å². The highest BCUT2D eigenvalue weighted by atomic mass is 16.7. The van der Waals surface area contributed by atoms with Gasteiger partial charge in [0, 0.05) is 27.2 Å². The highest BCUT2D eigenvalue weighted by Gasteiger charge is 2.52. The summed E-state index contributed by atoms with van der Waals surface area (Å²) in [5.74, 6) is -3.06. The fraction of sp³-hybridized carbons (Fsp3) is 0.686. The zero-order chi connectivity index (χ0) is 33.7. The van der Waals surface area contributed by atoms with Crippen molar-refractivity contribution < 1.29 is 47.7 Å². The number of hydrogen-bond acceptors (Lipinski definition) is 10. The number of ether oxygens (including phenoxy) is 5. The molecule has 1 aliphatic heterocycles. The molecule has 1 heterocycles. The minimum atomic E-state index is -1.43. The molecule has 11 heteroatoms. The lowest BCUT2D eigenvalue weighted by Gasteiger charge is -2.44. The number of benzene rings is 1. The van der Waals surface area contributed by atoms with Gasteiger partial charge in [0.2, 0.25) is 12.2 Å². The normalized spacial score (nSPS) is 20.7. The number of carbonyl (C=O) groups excluding carboxylic acids is 5. The summed E-state index contributed by atoms with van der Waals surface area (Å²) >= 11 is 0. The van der Waals surface area contributed by atoms with Crippen molar-refractivity contribution in [3.05, 3.63) is 35.9 Å². The van der Waals surface area contributed by atoms with Crippen molar-refractivity contribution in [2.75, 3.05) is 6.61 Å². The Hall–Kier alpha value is -3.47. The summed E-state index contributed by atoms with van der Waals surface area (Å²) in [5, 5.41) is 2.80. The lowest BCUT2D eigenvalue weighted by molar-refractivity contribution is -0.271. The summed E-state index contributed by atoms with van der Waals surface area (Å²) in [6.07, 6.45) is 8.84. The van der Waals surface area contributed by atoms with Crippen LogP contribution in [-0.2, 0) is 54.1 Å². The van der Waals surface area contributed by atoms with Crippen molar-refractivity contribution in [1.29, 1.82) is 0 Å². The van der Waals surface area contributed by atoms with Gasteiger partial charge in [-0.2, -0.15) is 0 Å². The zero-order valence-corrected chi connectivity index (χ0v) is 28.0. The van der Waals surface area contributed by atoms with Gasteiger partial charge in [0.05, 0.1) is 6.42 Å². The van der Waals surface area contributed by atoms with Crippen LogP contribution in [0.1, 0.15) is 117 Å².